The topological polar surface area (TPSA) is 46.6 Å². The Labute approximate surface area is 98.0 Å². The average Bonchev–Trinajstić information content (AvgIpc) is 2.71. The van der Waals surface area contributed by atoms with Gasteiger partial charge >= 0.3 is 5.97 Å². The Hall–Kier alpha value is -1.91. The first kappa shape index (κ1) is 11.6. The molecule has 90 valence electrons. The summed E-state index contributed by atoms with van der Waals surface area (Å²) in [5.41, 5.74) is 0.130. The largest absolute Gasteiger partial charge is 0.467 e. The summed E-state index contributed by atoms with van der Waals surface area (Å²) in [7, 11) is 1.25. The van der Waals surface area contributed by atoms with Crippen LogP contribution in [0.15, 0.2) is 24.3 Å². The van der Waals surface area contributed by atoms with Gasteiger partial charge in [-0.2, -0.15) is 0 Å². The molecule has 0 N–H and O–H groups in total. The lowest BCUT2D eigenvalue weighted by molar-refractivity contribution is -0.142. The van der Waals surface area contributed by atoms with E-state index in [0.29, 0.717) is 6.42 Å². The molecule has 1 aromatic rings. The second-order valence-electron chi connectivity index (χ2n) is 3.79. The number of hydrogen-bond acceptors (Lipinski definition) is 3. The highest BCUT2D eigenvalue weighted by Gasteiger charge is 2.38. The lowest BCUT2D eigenvalue weighted by Gasteiger charge is -2.23. The van der Waals surface area contributed by atoms with Gasteiger partial charge < -0.3 is 4.74 Å². The van der Waals surface area contributed by atoms with Crippen molar-refractivity contribution in [3.63, 3.8) is 0 Å². The van der Waals surface area contributed by atoms with Crippen LogP contribution in [0, 0.1) is 5.82 Å². The molecule has 17 heavy (non-hydrogen) atoms. The fourth-order valence-electron chi connectivity index (χ4n) is 1.99. The molecule has 0 bridgehead atoms. The van der Waals surface area contributed by atoms with E-state index in [1.807, 2.05) is 0 Å². The molecule has 1 fully saturated rings. The summed E-state index contributed by atoms with van der Waals surface area (Å²) < 4.78 is 18.2. The number of amides is 1. The second-order valence-corrected chi connectivity index (χ2v) is 3.79. The molecule has 1 saturated heterocycles. The molecule has 0 aliphatic carbocycles. The van der Waals surface area contributed by atoms with E-state index in [1.54, 1.807) is 6.07 Å². The van der Waals surface area contributed by atoms with Gasteiger partial charge in [-0.1, -0.05) is 12.1 Å². The van der Waals surface area contributed by atoms with Crippen LogP contribution in [0.3, 0.4) is 0 Å². The van der Waals surface area contributed by atoms with Gasteiger partial charge in [0.1, 0.15) is 11.9 Å². The van der Waals surface area contributed by atoms with Crippen molar-refractivity contribution in [1.29, 1.82) is 0 Å². The molecular weight excluding hydrogens is 225 g/mol. The molecule has 1 aliphatic heterocycles. The van der Waals surface area contributed by atoms with Crippen LogP contribution >= 0.6 is 0 Å². The lowest BCUT2D eigenvalue weighted by Crippen LogP contribution is -2.39. The number of anilines is 1. The Balaban J connectivity index is 2.38. The number of carbonyl (C=O) groups is 2. The number of ether oxygens (including phenoxy) is 1. The highest BCUT2D eigenvalue weighted by molar-refractivity contribution is 6.02. The smallest absolute Gasteiger partial charge is 0.328 e. The minimum atomic E-state index is -0.718. The fraction of sp³-hybridized carbons (Fsp3) is 0.333. The van der Waals surface area contributed by atoms with Crippen molar-refractivity contribution in [1.82, 2.24) is 0 Å². The van der Waals surface area contributed by atoms with Gasteiger partial charge in [0.2, 0.25) is 5.91 Å². The monoisotopic (exact) mass is 237 g/mol. The number of halogens is 1. The van der Waals surface area contributed by atoms with Crippen LogP contribution < -0.4 is 4.90 Å². The summed E-state index contributed by atoms with van der Waals surface area (Å²) in [6.07, 6.45) is 0.591. The Kier molecular flexibility index (Phi) is 3.08. The molecule has 0 radical (unpaired) electrons. The molecule has 5 heteroatoms. The Morgan fingerprint density at radius 3 is 2.82 bits per heavy atom. The van der Waals surface area contributed by atoms with Crippen LogP contribution in [-0.2, 0) is 14.3 Å². The van der Waals surface area contributed by atoms with Crippen molar-refractivity contribution in [2.75, 3.05) is 12.0 Å². The number of benzene rings is 1. The Morgan fingerprint density at radius 2 is 2.18 bits per heavy atom. The number of methoxy groups -OCH3 is 1. The van der Waals surface area contributed by atoms with Crippen molar-refractivity contribution in [3.8, 4) is 0 Å². The van der Waals surface area contributed by atoms with E-state index in [9.17, 15) is 14.0 Å². The molecule has 1 unspecified atom stereocenters. The molecule has 4 nitrogen and oxygen atoms in total. The van der Waals surface area contributed by atoms with Gasteiger partial charge in [-0.05, 0) is 18.6 Å². The summed E-state index contributed by atoms with van der Waals surface area (Å²) in [6, 6.07) is 5.18. The number of rotatable bonds is 2. The van der Waals surface area contributed by atoms with Crippen molar-refractivity contribution in [2.45, 2.75) is 18.9 Å². The minimum Gasteiger partial charge on any atom is -0.467 e. The highest BCUT2D eigenvalue weighted by Crippen LogP contribution is 2.29. The number of carbonyl (C=O) groups excluding carboxylic acids is 2. The second kappa shape index (κ2) is 4.53. The van der Waals surface area contributed by atoms with E-state index in [2.05, 4.69) is 4.74 Å². The number of esters is 1. The molecule has 1 heterocycles. The van der Waals surface area contributed by atoms with Crippen molar-refractivity contribution < 1.29 is 18.7 Å². The zero-order chi connectivity index (χ0) is 12.4. The third-order valence-electron chi connectivity index (χ3n) is 2.80. The maximum Gasteiger partial charge on any atom is 0.328 e. The fourth-order valence-corrected chi connectivity index (χ4v) is 1.99. The van der Waals surface area contributed by atoms with Crippen LogP contribution in [0.1, 0.15) is 12.8 Å². The van der Waals surface area contributed by atoms with Crippen molar-refractivity contribution in [2.24, 2.45) is 0 Å². The molecule has 1 amide bonds. The van der Waals surface area contributed by atoms with Gasteiger partial charge in [0.25, 0.3) is 0 Å². The Bertz CT molecular complexity index is 461. The standard InChI is InChI=1S/C12H12FNO3/c1-17-12(16)10-6-7-11(15)14(10)9-5-3-2-4-8(9)13/h2-5,10H,6-7H2,1H3. The number of nitrogens with zero attached hydrogens (tertiary/aromatic N) is 1. The first-order chi connectivity index (χ1) is 8.15. The molecule has 0 spiro atoms. The zero-order valence-electron chi connectivity index (χ0n) is 9.35. The summed E-state index contributed by atoms with van der Waals surface area (Å²) in [5, 5.41) is 0. The van der Waals surface area contributed by atoms with Gasteiger partial charge in [-0.25, -0.2) is 9.18 Å². The van der Waals surface area contributed by atoms with E-state index < -0.39 is 17.8 Å². The number of para-hydroxylation sites is 1. The first-order valence-electron chi connectivity index (χ1n) is 5.29. The van der Waals surface area contributed by atoms with Crippen molar-refractivity contribution in [3.05, 3.63) is 30.1 Å². The first-order valence-corrected chi connectivity index (χ1v) is 5.29. The predicted molar refractivity (Wildman–Crippen MR) is 58.9 cm³/mol. The van der Waals surface area contributed by atoms with E-state index in [4.69, 9.17) is 0 Å². The van der Waals surface area contributed by atoms with E-state index in [0.717, 1.165) is 0 Å². The molecule has 1 aliphatic rings. The van der Waals surface area contributed by atoms with Crippen molar-refractivity contribution >= 4 is 17.6 Å². The van der Waals surface area contributed by atoms with Gasteiger partial charge in [0.15, 0.2) is 0 Å². The quantitative estimate of drug-likeness (QED) is 0.732. The summed E-state index contributed by atoms with van der Waals surface area (Å²) in [6.45, 7) is 0. The van der Waals surface area contributed by atoms with Gasteiger partial charge in [-0.15, -0.1) is 0 Å². The van der Waals surface area contributed by atoms with Gasteiger partial charge in [0.05, 0.1) is 12.8 Å². The normalized spacial score (nSPS) is 19.5. The molecular formula is C12H12FNO3. The Morgan fingerprint density at radius 1 is 1.47 bits per heavy atom. The van der Waals surface area contributed by atoms with E-state index in [1.165, 1.54) is 30.2 Å². The van der Waals surface area contributed by atoms with Gasteiger partial charge in [-0.3, -0.25) is 9.69 Å². The van der Waals surface area contributed by atoms with E-state index >= 15 is 0 Å². The maximum atomic E-state index is 13.6. The summed E-state index contributed by atoms with van der Waals surface area (Å²) in [5.74, 6) is -1.29. The average molecular weight is 237 g/mol. The maximum absolute atomic E-state index is 13.6. The van der Waals surface area contributed by atoms with Crippen LogP contribution in [0.5, 0.6) is 0 Å². The zero-order valence-corrected chi connectivity index (χ0v) is 9.35. The van der Waals surface area contributed by atoms with Crippen LogP contribution in [0.4, 0.5) is 10.1 Å². The van der Waals surface area contributed by atoms with Crippen LogP contribution in [0.2, 0.25) is 0 Å². The van der Waals surface area contributed by atoms with Crippen LogP contribution in [-0.4, -0.2) is 25.0 Å². The molecule has 0 aromatic heterocycles. The van der Waals surface area contributed by atoms with Crippen LogP contribution in [0.25, 0.3) is 0 Å². The lowest BCUT2D eigenvalue weighted by atomic mass is 10.2. The number of hydrogen-bond donors (Lipinski definition) is 0. The highest BCUT2D eigenvalue weighted by atomic mass is 19.1. The molecule has 1 atom stereocenters. The third kappa shape index (κ3) is 2.00. The molecule has 0 saturated carbocycles. The SMILES string of the molecule is COC(=O)C1CCC(=O)N1c1ccccc1F. The minimum absolute atomic E-state index is 0.130. The predicted octanol–water partition coefficient (Wildman–Crippen LogP) is 1.49. The summed E-state index contributed by atoms with van der Waals surface area (Å²) in [4.78, 5) is 24.4. The third-order valence-corrected chi connectivity index (χ3v) is 2.80. The molecule has 2 rings (SSSR count). The van der Waals surface area contributed by atoms with E-state index in [-0.39, 0.29) is 18.0 Å². The molecule has 1 aromatic carbocycles. The summed E-state index contributed by atoms with van der Waals surface area (Å²) >= 11 is 0. The van der Waals surface area contributed by atoms with Gasteiger partial charge in [0, 0.05) is 6.42 Å².